The van der Waals surface area contributed by atoms with E-state index < -0.39 is 0 Å². The van der Waals surface area contributed by atoms with Gasteiger partial charge in [0, 0.05) is 22.8 Å². The highest BCUT2D eigenvalue weighted by Gasteiger charge is 2.06. The first-order valence-corrected chi connectivity index (χ1v) is 6.93. The molecule has 0 saturated heterocycles. The van der Waals surface area contributed by atoms with Gasteiger partial charge in [-0.2, -0.15) is 9.36 Å². The summed E-state index contributed by atoms with van der Waals surface area (Å²) < 4.78 is 9.49. The number of hydrogen-bond acceptors (Lipinski definition) is 5. The van der Waals surface area contributed by atoms with Crippen molar-refractivity contribution in [3.8, 4) is 17.1 Å². The van der Waals surface area contributed by atoms with Crippen LogP contribution in [0.2, 0.25) is 0 Å². The van der Waals surface area contributed by atoms with E-state index in [1.807, 2.05) is 54.6 Å². The number of benzene rings is 2. The van der Waals surface area contributed by atoms with Crippen LogP contribution in [-0.4, -0.2) is 16.5 Å². The molecule has 100 valence electrons. The highest BCUT2D eigenvalue weighted by molar-refractivity contribution is 7.09. The molecule has 5 heteroatoms. The summed E-state index contributed by atoms with van der Waals surface area (Å²) in [4.78, 5) is 4.48. The Morgan fingerprint density at radius 1 is 1.00 bits per heavy atom. The fourth-order valence-corrected chi connectivity index (χ4v) is 2.39. The van der Waals surface area contributed by atoms with E-state index in [1.54, 1.807) is 7.11 Å². The summed E-state index contributed by atoms with van der Waals surface area (Å²) in [5.41, 5.74) is 1.98. The highest BCUT2D eigenvalue weighted by atomic mass is 32.1. The normalized spacial score (nSPS) is 10.2. The standard InChI is InChI=1S/C15H13N3OS/c1-19-13-9-7-12(8-10-13)16-15-17-14(18-20-15)11-5-3-2-4-6-11/h2-10H,1H3,(H,16,17,18). The van der Waals surface area contributed by atoms with Crippen LogP contribution >= 0.6 is 11.5 Å². The van der Waals surface area contributed by atoms with Crippen molar-refractivity contribution in [3.05, 3.63) is 54.6 Å². The predicted octanol–water partition coefficient (Wildman–Crippen LogP) is 3.96. The number of anilines is 2. The molecular weight excluding hydrogens is 270 g/mol. The predicted molar refractivity (Wildman–Crippen MR) is 81.6 cm³/mol. The zero-order chi connectivity index (χ0) is 13.8. The van der Waals surface area contributed by atoms with Gasteiger partial charge in [0.2, 0.25) is 5.13 Å². The third-order valence-electron chi connectivity index (χ3n) is 2.80. The van der Waals surface area contributed by atoms with E-state index in [9.17, 15) is 0 Å². The number of rotatable bonds is 4. The molecule has 2 aromatic carbocycles. The molecule has 0 unspecified atom stereocenters. The number of methoxy groups -OCH3 is 1. The smallest absolute Gasteiger partial charge is 0.207 e. The van der Waals surface area contributed by atoms with Gasteiger partial charge in [0.05, 0.1) is 7.11 Å². The molecule has 1 heterocycles. The molecule has 3 aromatic rings. The molecule has 4 nitrogen and oxygen atoms in total. The van der Waals surface area contributed by atoms with Crippen LogP contribution in [0.3, 0.4) is 0 Å². The summed E-state index contributed by atoms with van der Waals surface area (Å²) in [5, 5.41) is 4.01. The molecular formula is C15H13N3OS. The average Bonchev–Trinajstić information content (AvgIpc) is 2.97. The number of nitrogens with one attached hydrogen (secondary N) is 1. The number of aromatic nitrogens is 2. The van der Waals surface area contributed by atoms with Crippen LogP contribution in [0.25, 0.3) is 11.4 Å². The third-order valence-corrected chi connectivity index (χ3v) is 3.43. The zero-order valence-corrected chi connectivity index (χ0v) is 11.7. The Balaban J connectivity index is 1.77. The first kappa shape index (κ1) is 12.6. The molecule has 20 heavy (non-hydrogen) atoms. The maximum absolute atomic E-state index is 5.13. The molecule has 0 radical (unpaired) electrons. The summed E-state index contributed by atoms with van der Waals surface area (Å²) in [6.45, 7) is 0. The van der Waals surface area contributed by atoms with E-state index in [0.29, 0.717) is 0 Å². The molecule has 1 N–H and O–H groups in total. The fraction of sp³-hybridized carbons (Fsp3) is 0.0667. The molecule has 0 aliphatic heterocycles. The van der Waals surface area contributed by atoms with Crippen molar-refractivity contribution in [1.82, 2.24) is 9.36 Å². The van der Waals surface area contributed by atoms with Gasteiger partial charge in [-0.3, -0.25) is 0 Å². The average molecular weight is 283 g/mol. The van der Waals surface area contributed by atoms with Crippen molar-refractivity contribution in [2.45, 2.75) is 0 Å². The summed E-state index contributed by atoms with van der Waals surface area (Å²) in [6.07, 6.45) is 0. The van der Waals surface area contributed by atoms with Crippen LogP contribution in [0.5, 0.6) is 5.75 Å². The van der Waals surface area contributed by atoms with Crippen molar-refractivity contribution in [2.75, 3.05) is 12.4 Å². The minimum atomic E-state index is 0.742. The van der Waals surface area contributed by atoms with Gasteiger partial charge in [-0.15, -0.1) is 0 Å². The maximum Gasteiger partial charge on any atom is 0.207 e. The van der Waals surface area contributed by atoms with Gasteiger partial charge in [0.25, 0.3) is 0 Å². The Morgan fingerprint density at radius 3 is 2.45 bits per heavy atom. The van der Waals surface area contributed by atoms with Crippen LogP contribution in [0.4, 0.5) is 10.8 Å². The van der Waals surface area contributed by atoms with E-state index in [4.69, 9.17) is 4.74 Å². The van der Waals surface area contributed by atoms with Gasteiger partial charge in [-0.1, -0.05) is 30.3 Å². The third kappa shape index (κ3) is 2.78. The quantitative estimate of drug-likeness (QED) is 0.787. The zero-order valence-electron chi connectivity index (χ0n) is 10.9. The van der Waals surface area contributed by atoms with Crippen LogP contribution in [0.15, 0.2) is 54.6 Å². The lowest BCUT2D eigenvalue weighted by atomic mass is 10.2. The lowest BCUT2D eigenvalue weighted by Gasteiger charge is -2.03. The molecule has 0 amide bonds. The molecule has 0 spiro atoms. The Kier molecular flexibility index (Phi) is 3.60. The van der Waals surface area contributed by atoms with E-state index >= 15 is 0 Å². The molecule has 0 atom stereocenters. The van der Waals surface area contributed by atoms with Crippen molar-refractivity contribution in [1.29, 1.82) is 0 Å². The molecule has 0 aliphatic rings. The molecule has 0 aliphatic carbocycles. The first-order chi connectivity index (χ1) is 9.85. The molecule has 3 rings (SSSR count). The van der Waals surface area contributed by atoms with Crippen molar-refractivity contribution >= 4 is 22.4 Å². The van der Waals surface area contributed by atoms with E-state index in [0.717, 1.165) is 28.0 Å². The summed E-state index contributed by atoms with van der Waals surface area (Å²) in [6, 6.07) is 17.6. The lowest BCUT2D eigenvalue weighted by molar-refractivity contribution is 0.415. The first-order valence-electron chi connectivity index (χ1n) is 6.15. The van der Waals surface area contributed by atoms with Gasteiger partial charge in [0.15, 0.2) is 5.82 Å². The molecule has 0 fully saturated rings. The fourth-order valence-electron chi connectivity index (χ4n) is 1.78. The largest absolute Gasteiger partial charge is 0.497 e. The Labute approximate surface area is 121 Å². The van der Waals surface area contributed by atoms with Gasteiger partial charge in [-0.05, 0) is 24.3 Å². The number of hydrogen-bond donors (Lipinski definition) is 1. The minimum Gasteiger partial charge on any atom is -0.497 e. The van der Waals surface area contributed by atoms with Crippen molar-refractivity contribution in [3.63, 3.8) is 0 Å². The molecule has 1 aromatic heterocycles. The van der Waals surface area contributed by atoms with E-state index in [-0.39, 0.29) is 0 Å². The van der Waals surface area contributed by atoms with Crippen LogP contribution in [-0.2, 0) is 0 Å². The SMILES string of the molecule is COc1ccc(Nc2nc(-c3ccccc3)ns2)cc1. The molecule has 0 saturated carbocycles. The monoisotopic (exact) mass is 283 g/mol. The highest BCUT2D eigenvalue weighted by Crippen LogP contribution is 2.24. The Hall–Kier alpha value is -2.40. The van der Waals surface area contributed by atoms with E-state index in [1.165, 1.54) is 11.5 Å². The topological polar surface area (TPSA) is 47.0 Å². The summed E-state index contributed by atoms with van der Waals surface area (Å²) in [5.74, 6) is 1.57. The second kappa shape index (κ2) is 5.71. The summed E-state index contributed by atoms with van der Waals surface area (Å²) in [7, 11) is 1.65. The van der Waals surface area contributed by atoms with Gasteiger partial charge in [-0.25, -0.2) is 0 Å². The van der Waals surface area contributed by atoms with Crippen LogP contribution in [0.1, 0.15) is 0 Å². The second-order valence-corrected chi connectivity index (χ2v) is 4.89. The lowest BCUT2D eigenvalue weighted by Crippen LogP contribution is -1.90. The number of ether oxygens (including phenoxy) is 1. The Morgan fingerprint density at radius 2 is 1.75 bits per heavy atom. The molecule has 0 bridgehead atoms. The van der Waals surface area contributed by atoms with Crippen LogP contribution in [0, 0.1) is 0 Å². The van der Waals surface area contributed by atoms with Gasteiger partial charge < -0.3 is 10.1 Å². The summed E-state index contributed by atoms with van der Waals surface area (Å²) >= 11 is 1.35. The maximum atomic E-state index is 5.13. The Bertz CT molecular complexity index is 680. The number of nitrogens with zero attached hydrogens (tertiary/aromatic N) is 2. The minimum absolute atomic E-state index is 0.742. The van der Waals surface area contributed by atoms with Crippen molar-refractivity contribution < 1.29 is 4.74 Å². The van der Waals surface area contributed by atoms with Crippen molar-refractivity contribution in [2.24, 2.45) is 0 Å². The van der Waals surface area contributed by atoms with Gasteiger partial charge in [0.1, 0.15) is 5.75 Å². The second-order valence-electron chi connectivity index (χ2n) is 4.14. The van der Waals surface area contributed by atoms with Gasteiger partial charge >= 0.3 is 0 Å². The van der Waals surface area contributed by atoms with Crippen LogP contribution < -0.4 is 10.1 Å². The van der Waals surface area contributed by atoms with E-state index in [2.05, 4.69) is 14.7 Å².